The maximum atomic E-state index is 10.5. The Balaban J connectivity index is 1.46. The first-order valence-corrected chi connectivity index (χ1v) is 10.2. The summed E-state index contributed by atoms with van der Waals surface area (Å²) in [7, 11) is 1.65. The van der Waals surface area contributed by atoms with Crippen molar-refractivity contribution in [2.24, 2.45) is 0 Å². The number of rotatable bonds is 6. The molecule has 2 aliphatic rings. The molecule has 1 aliphatic carbocycles. The van der Waals surface area contributed by atoms with Gasteiger partial charge >= 0.3 is 0 Å². The highest BCUT2D eigenvalue weighted by atomic mass is 16.5. The van der Waals surface area contributed by atoms with E-state index in [2.05, 4.69) is 21.3 Å². The number of anilines is 1. The lowest BCUT2D eigenvalue weighted by Crippen LogP contribution is -2.42. The largest absolute Gasteiger partial charge is 0.497 e. The average molecular weight is 399 g/mol. The van der Waals surface area contributed by atoms with E-state index in [1.54, 1.807) is 7.11 Å². The van der Waals surface area contributed by atoms with Crippen LogP contribution >= 0.6 is 0 Å². The molecule has 4 rings (SSSR count). The zero-order valence-electron chi connectivity index (χ0n) is 16.7. The van der Waals surface area contributed by atoms with Gasteiger partial charge in [-0.05, 0) is 35.7 Å². The monoisotopic (exact) mass is 399 g/mol. The number of nitrogens with zero attached hydrogens (tertiary/aromatic N) is 2. The molecular weight excluding hydrogens is 370 g/mol. The van der Waals surface area contributed by atoms with Crippen LogP contribution in [0.25, 0.3) is 0 Å². The number of pyridine rings is 1. The third-order valence-electron chi connectivity index (χ3n) is 5.90. The normalized spacial score (nSPS) is 27.2. The summed E-state index contributed by atoms with van der Waals surface area (Å²) in [5.74, 6) is 1.74. The van der Waals surface area contributed by atoms with E-state index in [1.165, 1.54) is 0 Å². The van der Waals surface area contributed by atoms with Gasteiger partial charge in [0.25, 0.3) is 0 Å². The number of nitrogens with one attached hydrogen (secondary N) is 1. The number of aliphatic hydroxyl groups is 2. The van der Waals surface area contributed by atoms with Gasteiger partial charge in [-0.25, -0.2) is 4.98 Å². The van der Waals surface area contributed by atoms with Crippen molar-refractivity contribution < 1.29 is 19.7 Å². The minimum atomic E-state index is -0.815. The summed E-state index contributed by atoms with van der Waals surface area (Å²) in [6, 6.07) is 11.7. The maximum absolute atomic E-state index is 10.5. The van der Waals surface area contributed by atoms with Crippen LogP contribution in [0.4, 0.5) is 5.82 Å². The Hall–Kier alpha value is -2.19. The molecule has 0 radical (unpaired) electrons. The smallest absolute Gasteiger partial charge is 0.128 e. The molecule has 1 saturated heterocycles. The Morgan fingerprint density at radius 3 is 2.76 bits per heavy atom. The van der Waals surface area contributed by atoms with Crippen molar-refractivity contribution in [1.29, 1.82) is 0 Å². The first-order valence-electron chi connectivity index (χ1n) is 10.2. The third kappa shape index (κ3) is 4.53. The van der Waals surface area contributed by atoms with Gasteiger partial charge in [0.1, 0.15) is 11.6 Å². The minimum Gasteiger partial charge on any atom is -0.497 e. The molecule has 0 spiro atoms. The Morgan fingerprint density at radius 2 is 2.03 bits per heavy atom. The van der Waals surface area contributed by atoms with Gasteiger partial charge in [-0.1, -0.05) is 18.2 Å². The molecule has 1 aromatic carbocycles. The first kappa shape index (κ1) is 20.1. The van der Waals surface area contributed by atoms with Crippen molar-refractivity contribution >= 4 is 5.82 Å². The lowest BCUT2D eigenvalue weighted by atomic mass is 9.94. The molecule has 7 heteroatoms. The second-order valence-electron chi connectivity index (χ2n) is 7.71. The Kier molecular flexibility index (Phi) is 6.30. The van der Waals surface area contributed by atoms with Crippen molar-refractivity contribution in [3.8, 4) is 5.75 Å². The molecule has 29 heavy (non-hydrogen) atoms. The fourth-order valence-corrected chi connectivity index (χ4v) is 4.24. The number of aliphatic hydroxyl groups excluding tert-OH is 2. The van der Waals surface area contributed by atoms with Crippen LogP contribution in [0.15, 0.2) is 42.6 Å². The zero-order chi connectivity index (χ0) is 20.2. The molecule has 1 aliphatic heterocycles. The SMILES string of the molecule is COc1cccc(CNC2C(c3ccc(N4CCOCC4)nc3)CC(O)C2O)c1. The molecule has 156 valence electrons. The molecule has 1 saturated carbocycles. The molecule has 4 atom stereocenters. The number of methoxy groups -OCH3 is 1. The molecule has 4 unspecified atom stereocenters. The van der Waals surface area contributed by atoms with Crippen molar-refractivity contribution in [2.75, 3.05) is 38.3 Å². The quantitative estimate of drug-likeness (QED) is 0.675. The maximum Gasteiger partial charge on any atom is 0.128 e. The van der Waals surface area contributed by atoms with Crippen LogP contribution < -0.4 is 15.0 Å². The number of hydrogen-bond acceptors (Lipinski definition) is 7. The highest BCUT2D eigenvalue weighted by molar-refractivity contribution is 5.41. The van der Waals surface area contributed by atoms with Crippen LogP contribution in [0, 0.1) is 0 Å². The minimum absolute atomic E-state index is 0.00292. The van der Waals surface area contributed by atoms with Crippen molar-refractivity contribution in [2.45, 2.75) is 37.1 Å². The molecule has 7 nitrogen and oxygen atoms in total. The van der Waals surface area contributed by atoms with Gasteiger partial charge in [0.05, 0.1) is 32.5 Å². The van der Waals surface area contributed by atoms with Gasteiger partial charge in [0.2, 0.25) is 0 Å². The molecule has 2 aromatic rings. The van der Waals surface area contributed by atoms with E-state index >= 15 is 0 Å². The van der Waals surface area contributed by atoms with E-state index in [0.29, 0.717) is 13.0 Å². The lowest BCUT2D eigenvalue weighted by molar-refractivity contribution is 0.0297. The summed E-state index contributed by atoms with van der Waals surface area (Å²) >= 11 is 0. The van der Waals surface area contributed by atoms with Gasteiger partial charge in [0.15, 0.2) is 0 Å². The summed E-state index contributed by atoms with van der Waals surface area (Å²) in [6.07, 6.45) is 0.821. The summed E-state index contributed by atoms with van der Waals surface area (Å²) in [4.78, 5) is 6.85. The summed E-state index contributed by atoms with van der Waals surface area (Å²) < 4.78 is 10.7. The second-order valence-corrected chi connectivity index (χ2v) is 7.71. The van der Waals surface area contributed by atoms with Gasteiger partial charge in [-0.3, -0.25) is 0 Å². The first-order chi connectivity index (χ1) is 14.2. The van der Waals surface area contributed by atoms with Crippen molar-refractivity contribution in [1.82, 2.24) is 10.3 Å². The van der Waals surface area contributed by atoms with E-state index in [4.69, 9.17) is 9.47 Å². The molecule has 0 bridgehead atoms. The molecule has 0 amide bonds. The van der Waals surface area contributed by atoms with Crippen LogP contribution in [0.3, 0.4) is 0 Å². The fourth-order valence-electron chi connectivity index (χ4n) is 4.24. The average Bonchev–Trinajstić information content (AvgIpc) is 3.07. The number of ether oxygens (including phenoxy) is 2. The summed E-state index contributed by atoms with van der Waals surface area (Å²) in [5.41, 5.74) is 2.10. The van der Waals surface area contributed by atoms with Gasteiger partial charge in [-0.15, -0.1) is 0 Å². The molecule has 3 N–H and O–H groups in total. The molecular formula is C22H29N3O4. The standard InChI is InChI=1S/C22H29N3O4/c1-28-17-4-2-3-15(11-17)13-24-21-18(12-19(26)22(21)27)16-5-6-20(23-14-16)25-7-9-29-10-8-25/h2-6,11,14,18-19,21-22,24,26-27H,7-10,12-13H2,1H3. The van der Waals surface area contributed by atoms with E-state index in [-0.39, 0.29) is 12.0 Å². The number of benzene rings is 1. The van der Waals surface area contributed by atoms with Gasteiger partial charge < -0.3 is 29.9 Å². The van der Waals surface area contributed by atoms with E-state index in [9.17, 15) is 10.2 Å². The van der Waals surface area contributed by atoms with E-state index in [1.807, 2.05) is 36.5 Å². The molecule has 1 aromatic heterocycles. The van der Waals surface area contributed by atoms with Crippen LogP contribution in [-0.2, 0) is 11.3 Å². The predicted octanol–water partition coefficient (Wildman–Crippen LogP) is 1.29. The Labute approximate surface area is 171 Å². The molecule has 2 fully saturated rings. The van der Waals surface area contributed by atoms with E-state index < -0.39 is 12.2 Å². The highest BCUT2D eigenvalue weighted by Crippen LogP contribution is 2.35. The van der Waals surface area contributed by atoms with Crippen LogP contribution in [-0.4, -0.2) is 66.9 Å². The lowest BCUT2D eigenvalue weighted by Gasteiger charge is -2.28. The number of aromatic nitrogens is 1. The highest BCUT2D eigenvalue weighted by Gasteiger charge is 2.42. The summed E-state index contributed by atoms with van der Waals surface area (Å²) in [6.45, 7) is 3.72. The van der Waals surface area contributed by atoms with Crippen molar-refractivity contribution in [3.63, 3.8) is 0 Å². The topological polar surface area (TPSA) is 87.1 Å². The van der Waals surface area contributed by atoms with Crippen LogP contribution in [0.1, 0.15) is 23.5 Å². The zero-order valence-corrected chi connectivity index (χ0v) is 16.7. The van der Waals surface area contributed by atoms with Gasteiger partial charge in [-0.2, -0.15) is 0 Å². The summed E-state index contributed by atoms with van der Waals surface area (Å²) in [5, 5.41) is 24.3. The Bertz CT molecular complexity index is 795. The van der Waals surface area contributed by atoms with Crippen LogP contribution in [0.2, 0.25) is 0 Å². The Morgan fingerprint density at radius 1 is 1.21 bits per heavy atom. The number of morpholine rings is 1. The second kappa shape index (κ2) is 9.09. The number of hydrogen-bond donors (Lipinski definition) is 3. The fraction of sp³-hybridized carbons (Fsp3) is 0.500. The van der Waals surface area contributed by atoms with Gasteiger partial charge in [0, 0.05) is 37.8 Å². The predicted molar refractivity (Wildman–Crippen MR) is 110 cm³/mol. The molecule has 2 heterocycles. The van der Waals surface area contributed by atoms with Crippen LogP contribution in [0.5, 0.6) is 5.75 Å². The van der Waals surface area contributed by atoms with Crippen molar-refractivity contribution in [3.05, 3.63) is 53.7 Å². The van der Waals surface area contributed by atoms with E-state index in [0.717, 1.165) is 49.0 Å². The third-order valence-corrected chi connectivity index (χ3v) is 5.90.